The van der Waals surface area contributed by atoms with Crippen LogP contribution >= 0.6 is 23.2 Å². The van der Waals surface area contributed by atoms with E-state index >= 15 is 0 Å². The molecule has 0 radical (unpaired) electrons. The van der Waals surface area contributed by atoms with Gasteiger partial charge in [-0.25, -0.2) is 9.78 Å². The molecule has 0 aliphatic heterocycles. The van der Waals surface area contributed by atoms with Gasteiger partial charge in [0, 0.05) is 24.4 Å². The first kappa shape index (κ1) is 23.3. The molecule has 0 saturated heterocycles. The van der Waals surface area contributed by atoms with Crippen LogP contribution in [-0.4, -0.2) is 42.0 Å². The quantitative estimate of drug-likeness (QED) is 0.458. The van der Waals surface area contributed by atoms with E-state index in [4.69, 9.17) is 23.2 Å². The third-order valence-corrected chi connectivity index (χ3v) is 5.90. The van der Waals surface area contributed by atoms with Gasteiger partial charge >= 0.3 is 12.4 Å². The number of nitrogens with zero attached hydrogens (tertiary/aromatic N) is 2. The second-order valence-electron chi connectivity index (χ2n) is 5.80. The monoisotopic (exact) mass is 464 g/mol. The van der Waals surface area contributed by atoms with Crippen LogP contribution in [-0.2, 0) is 32.2 Å². The summed E-state index contributed by atoms with van der Waals surface area (Å²) < 4.78 is 42.8. The summed E-state index contributed by atoms with van der Waals surface area (Å²) in [6, 6.07) is 6.07. The van der Waals surface area contributed by atoms with Crippen LogP contribution in [0.25, 0.3) is 0 Å². The molecule has 0 saturated carbocycles. The predicted molar refractivity (Wildman–Crippen MR) is 107 cm³/mol. The number of pyridine rings is 1. The summed E-state index contributed by atoms with van der Waals surface area (Å²) in [5.74, 6) is -2.20. The van der Waals surface area contributed by atoms with E-state index in [1.165, 1.54) is 25.4 Å². The topological polar surface area (TPSA) is 82.6 Å². The maximum atomic E-state index is 12.7. The van der Waals surface area contributed by atoms with E-state index in [1.807, 2.05) is 0 Å². The first-order chi connectivity index (χ1) is 13.7. The Morgan fingerprint density at radius 1 is 1.24 bits per heavy atom. The number of halogens is 4. The molecule has 2 rings (SSSR count). The molecule has 1 unspecified atom stereocenters. The molecule has 2 aromatic rings. The van der Waals surface area contributed by atoms with Gasteiger partial charge in [0.2, 0.25) is 0 Å². The number of ether oxygens (including phenoxy) is 1. The molecule has 0 N–H and O–H groups in total. The van der Waals surface area contributed by atoms with Gasteiger partial charge in [-0.3, -0.25) is 4.79 Å². The van der Waals surface area contributed by atoms with Crippen molar-refractivity contribution in [2.45, 2.75) is 17.9 Å². The van der Waals surface area contributed by atoms with Crippen LogP contribution in [0.15, 0.2) is 30.5 Å². The molecular weight excluding hydrogens is 449 g/mol. The number of esters is 1. The van der Waals surface area contributed by atoms with Crippen molar-refractivity contribution in [3.8, 4) is 0 Å². The third kappa shape index (κ3) is 5.57. The molecule has 1 atom stereocenters. The molecule has 6 nitrogen and oxygen atoms in total. The van der Waals surface area contributed by atoms with Crippen LogP contribution in [0.1, 0.15) is 21.6 Å². The number of aromatic nitrogens is 1. The lowest BCUT2D eigenvalue weighted by atomic mass is 10.2. The van der Waals surface area contributed by atoms with Crippen molar-refractivity contribution in [3.63, 3.8) is 0 Å². The van der Waals surface area contributed by atoms with Crippen LogP contribution in [0.2, 0.25) is 10.0 Å². The van der Waals surface area contributed by atoms with Crippen molar-refractivity contribution in [1.29, 1.82) is 0 Å². The Kier molecular flexibility index (Phi) is 8.21. The number of amides is 1. The highest BCUT2D eigenvalue weighted by molar-refractivity contribution is 7.89. The van der Waals surface area contributed by atoms with Crippen molar-refractivity contribution < 1.29 is 27.7 Å². The predicted octanol–water partition coefficient (Wildman–Crippen LogP) is 3.85. The zero-order valence-corrected chi connectivity index (χ0v) is 17.7. The van der Waals surface area contributed by atoms with Crippen LogP contribution < -0.4 is 4.90 Å². The van der Waals surface area contributed by atoms with Crippen LogP contribution in [0.3, 0.4) is 0 Å². The summed E-state index contributed by atoms with van der Waals surface area (Å²) in [6.45, 7) is 0. The molecule has 1 heterocycles. The van der Waals surface area contributed by atoms with Gasteiger partial charge in [0.1, 0.15) is 11.5 Å². The minimum Gasteiger partial charge on any atom is -0.616 e. The zero-order valence-electron chi connectivity index (χ0n) is 15.3. The van der Waals surface area contributed by atoms with Crippen LogP contribution in [0, 0.1) is 0 Å². The Balaban J connectivity index is 2.26. The second kappa shape index (κ2) is 10.2. The maximum absolute atomic E-state index is 12.7. The SMILES string of the molecule is COC(=O)c1ncccc1C[S+]([O-])Cc1ccc(Cl)c(N(C)C(=O)C(F)F)c1Cl. The average molecular weight is 465 g/mol. The molecule has 0 aliphatic carbocycles. The molecule has 29 heavy (non-hydrogen) atoms. The van der Waals surface area contributed by atoms with Gasteiger partial charge in [0.05, 0.1) is 22.8 Å². The van der Waals surface area contributed by atoms with E-state index in [-0.39, 0.29) is 32.9 Å². The summed E-state index contributed by atoms with van der Waals surface area (Å²) in [5, 5.41) is -0.0528. The Morgan fingerprint density at radius 3 is 2.52 bits per heavy atom. The first-order valence-electron chi connectivity index (χ1n) is 8.07. The highest BCUT2D eigenvalue weighted by atomic mass is 35.5. The Morgan fingerprint density at radius 2 is 1.90 bits per heavy atom. The number of hydrogen-bond acceptors (Lipinski definition) is 5. The van der Waals surface area contributed by atoms with Gasteiger partial charge in [0.25, 0.3) is 5.91 Å². The minimum absolute atomic E-state index is 0.00118. The van der Waals surface area contributed by atoms with Crippen LogP contribution in [0.5, 0.6) is 0 Å². The fraction of sp³-hybridized carbons (Fsp3) is 0.278. The standard InChI is InChI=1S/C18H16Cl2F2N2O4S/c1-24(17(25)16(21)22)15-12(19)6-5-10(13(15)20)8-29(27)9-11-4-3-7-23-14(11)18(26)28-2/h3-7,16H,8-9H2,1-2H3. The molecular formula is C18H16Cl2F2N2O4S. The molecule has 156 valence electrons. The summed E-state index contributed by atoms with van der Waals surface area (Å²) >= 11 is 10.8. The summed E-state index contributed by atoms with van der Waals surface area (Å²) in [4.78, 5) is 28.0. The molecule has 0 bridgehead atoms. The number of alkyl halides is 2. The lowest BCUT2D eigenvalue weighted by Gasteiger charge is -2.21. The van der Waals surface area contributed by atoms with Crippen molar-refractivity contribution in [2.24, 2.45) is 0 Å². The lowest BCUT2D eigenvalue weighted by molar-refractivity contribution is -0.128. The van der Waals surface area contributed by atoms with Crippen LogP contribution in [0.4, 0.5) is 14.5 Å². The lowest BCUT2D eigenvalue weighted by Crippen LogP contribution is -2.32. The third-order valence-electron chi connectivity index (χ3n) is 3.90. The zero-order chi connectivity index (χ0) is 21.7. The normalized spacial score (nSPS) is 12.0. The average Bonchev–Trinajstić information content (AvgIpc) is 2.69. The maximum Gasteiger partial charge on any atom is 0.357 e. The number of anilines is 1. The number of rotatable bonds is 7. The molecule has 11 heteroatoms. The van der Waals surface area contributed by atoms with Gasteiger partial charge in [-0.15, -0.1) is 0 Å². The molecule has 1 aromatic carbocycles. The Labute approximate surface area is 178 Å². The summed E-state index contributed by atoms with van der Waals surface area (Å²) in [6.07, 6.45) is -1.82. The largest absolute Gasteiger partial charge is 0.616 e. The van der Waals surface area contributed by atoms with Crippen molar-refractivity contribution >= 4 is 51.9 Å². The Hall–Kier alpha value is -1.94. The summed E-state index contributed by atoms with van der Waals surface area (Å²) in [7, 11) is 2.34. The Bertz CT molecular complexity index is 917. The highest BCUT2D eigenvalue weighted by Crippen LogP contribution is 2.37. The molecule has 0 aliphatic rings. The van der Waals surface area contributed by atoms with Gasteiger partial charge in [-0.2, -0.15) is 8.78 Å². The van der Waals surface area contributed by atoms with Crippen molar-refractivity contribution in [1.82, 2.24) is 4.98 Å². The van der Waals surface area contributed by atoms with E-state index in [2.05, 4.69) is 9.72 Å². The smallest absolute Gasteiger partial charge is 0.357 e. The first-order valence-corrected chi connectivity index (χ1v) is 10.3. The van der Waals surface area contributed by atoms with E-state index in [9.17, 15) is 22.9 Å². The number of benzene rings is 1. The van der Waals surface area contributed by atoms with Gasteiger partial charge in [-0.05, 0) is 23.3 Å². The molecule has 1 aromatic heterocycles. The second-order valence-corrected chi connectivity index (χ2v) is 8.04. The van der Waals surface area contributed by atoms with E-state index < -0.39 is 29.5 Å². The molecule has 1 amide bonds. The summed E-state index contributed by atoms with van der Waals surface area (Å²) in [5.41, 5.74) is 0.730. The fourth-order valence-corrected chi connectivity index (χ4v) is 4.53. The van der Waals surface area contributed by atoms with Crippen molar-refractivity contribution in [3.05, 3.63) is 57.3 Å². The molecule has 0 fully saturated rings. The highest BCUT2D eigenvalue weighted by Gasteiger charge is 2.27. The minimum atomic E-state index is -3.23. The number of hydrogen-bond donors (Lipinski definition) is 0. The number of methoxy groups -OCH3 is 1. The van der Waals surface area contributed by atoms with E-state index in [0.29, 0.717) is 16.0 Å². The fourth-order valence-electron chi connectivity index (χ4n) is 2.49. The molecule has 0 spiro atoms. The van der Waals surface area contributed by atoms with Crippen molar-refractivity contribution in [2.75, 3.05) is 19.1 Å². The van der Waals surface area contributed by atoms with E-state index in [1.54, 1.807) is 12.1 Å². The van der Waals surface area contributed by atoms with Gasteiger partial charge < -0.3 is 14.2 Å². The number of carbonyl (C=O) groups is 2. The number of carbonyl (C=O) groups excluding carboxylic acids is 2. The van der Waals surface area contributed by atoms with E-state index in [0.717, 1.165) is 7.05 Å². The van der Waals surface area contributed by atoms with Gasteiger partial charge in [0.15, 0.2) is 5.69 Å². The van der Waals surface area contributed by atoms with Gasteiger partial charge in [-0.1, -0.05) is 35.3 Å².